The molecule has 2 N–H and O–H groups in total. The number of aliphatic hydroxyl groups excluding tert-OH is 1. The first-order valence-corrected chi connectivity index (χ1v) is 11.6. The van der Waals surface area contributed by atoms with Gasteiger partial charge in [0.15, 0.2) is 17.9 Å². The Labute approximate surface area is 203 Å². The van der Waals surface area contributed by atoms with Crippen molar-refractivity contribution in [1.29, 1.82) is 0 Å². The lowest BCUT2D eigenvalue weighted by Gasteiger charge is -2.30. The fourth-order valence-electron chi connectivity index (χ4n) is 3.84. The van der Waals surface area contributed by atoms with Crippen molar-refractivity contribution in [3.8, 4) is 0 Å². The summed E-state index contributed by atoms with van der Waals surface area (Å²) in [6, 6.07) is 9.68. The number of aromatic nitrogens is 3. The number of benzene rings is 1. The molecule has 35 heavy (non-hydrogen) atoms. The second-order valence-electron chi connectivity index (χ2n) is 8.55. The lowest BCUT2D eigenvalue weighted by Crippen LogP contribution is -2.42. The molecule has 2 atom stereocenters. The van der Waals surface area contributed by atoms with Crippen LogP contribution in [0.2, 0.25) is 0 Å². The number of ether oxygens (including phenoxy) is 2. The molecule has 2 aromatic heterocycles. The zero-order chi connectivity index (χ0) is 24.8. The molecular weight excluding hydrogens is 451 g/mol. The van der Waals surface area contributed by atoms with Crippen LogP contribution in [0.3, 0.4) is 0 Å². The zero-order valence-electron chi connectivity index (χ0n) is 20.2. The van der Waals surface area contributed by atoms with Gasteiger partial charge in [-0.25, -0.2) is 13.9 Å². The zero-order valence-corrected chi connectivity index (χ0v) is 20.2. The number of nitrogens with one attached hydrogen (secondary N) is 1. The van der Waals surface area contributed by atoms with E-state index in [0.29, 0.717) is 55.9 Å². The fraction of sp³-hybridized carbons (Fsp3) is 0.400. The van der Waals surface area contributed by atoms with Crippen molar-refractivity contribution >= 4 is 17.2 Å². The van der Waals surface area contributed by atoms with Crippen LogP contribution in [0.4, 0.5) is 10.2 Å². The van der Waals surface area contributed by atoms with Gasteiger partial charge in [-0.3, -0.25) is 9.89 Å². The molecule has 1 aromatic carbocycles. The van der Waals surface area contributed by atoms with Crippen molar-refractivity contribution in [1.82, 2.24) is 19.5 Å². The lowest BCUT2D eigenvalue weighted by molar-refractivity contribution is -0.145. The quantitative estimate of drug-likeness (QED) is 0.289. The molecule has 10 heteroatoms. The van der Waals surface area contributed by atoms with Gasteiger partial charge in [0.05, 0.1) is 13.2 Å². The molecule has 0 spiro atoms. The van der Waals surface area contributed by atoms with Gasteiger partial charge in [0.25, 0.3) is 0 Å². The Morgan fingerprint density at radius 3 is 2.69 bits per heavy atom. The first-order chi connectivity index (χ1) is 16.9. The van der Waals surface area contributed by atoms with E-state index in [4.69, 9.17) is 14.5 Å². The molecule has 0 saturated carbocycles. The molecule has 186 valence electrons. The third-order valence-corrected chi connectivity index (χ3v) is 5.54. The summed E-state index contributed by atoms with van der Waals surface area (Å²) in [5, 5.41) is 18.7. The van der Waals surface area contributed by atoms with Crippen molar-refractivity contribution in [2.75, 3.05) is 45.2 Å². The van der Waals surface area contributed by atoms with Gasteiger partial charge in [0.2, 0.25) is 0 Å². The predicted molar refractivity (Wildman–Crippen MR) is 132 cm³/mol. The summed E-state index contributed by atoms with van der Waals surface area (Å²) in [4.78, 5) is 11.1. The van der Waals surface area contributed by atoms with Crippen molar-refractivity contribution in [2.45, 2.75) is 26.2 Å². The van der Waals surface area contributed by atoms with Crippen LogP contribution in [0.25, 0.3) is 5.52 Å². The van der Waals surface area contributed by atoms with Gasteiger partial charge < -0.3 is 19.9 Å². The number of aliphatic imine (C=N–C) groups is 1. The lowest BCUT2D eigenvalue weighted by atomic mass is 10.1. The largest absolute Gasteiger partial charge is 0.379 e. The number of fused-ring (bicyclic) bond motifs is 1. The molecule has 2 unspecified atom stereocenters. The molecule has 0 amide bonds. The molecule has 9 nitrogen and oxygen atoms in total. The van der Waals surface area contributed by atoms with Gasteiger partial charge in [-0.05, 0) is 49.8 Å². The highest BCUT2D eigenvalue weighted by Crippen LogP contribution is 2.27. The van der Waals surface area contributed by atoms with Gasteiger partial charge in [0, 0.05) is 32.9 Å². The summed E-state index contributed by atoms with van der Waals surface area (Å²) in [7, 11) is 1.70. The SMILES string of the molecule is CN=C(C=C(C)C)Nc1nc(C(OC(O)CN2CCOCC2)c2ccc(F)cc2)nn2cccc12. The maximum atomic E-state index is 13.7. The highest BCUT2D eigenvalue weighted by atomic mass is 19.1. The Kier molecular flexibility index (Phi) is 8.19. The van der Waals surface area contributed by atoms with E-state index in [1.165, 1.54) is 12.1 Å². The van der Waals surface area contributed by atoms with E-state index >= 15 is 0 Å². The Balaban J connectivity index is 1.69. The monoisotopic (exact) mass is 482 g/mol. The van der Waals surface area contributed by atoms with E-state index < -0.39 is 12.4 Å². The van der Waals surface area contributed by atoms with Crippen molar-refractivity contribution in [3.05, 3.63) is 71.4 Å². The van der Waals surface area contributed by atoms with Crippen molar-refractivity contribution < 1.29 is 19.0 Å². The maximum absolute atomic E-state index is 13.7. The average Bonchev–Trinajstić information content (AvgIpc) is 3.32. The first kappa shape index (κ1) is 24.9. The van der Waals surface area contributed by atoms with Crippen LogP contribution < -0.4 is 5.32 Å². The van der Waals surface area contributed by atoms with Gasteiger partial charge in [0.1, 0.15) is 23.3 Å². The molecule has 1 fully saturated rings. The Morgan fingerprint density at radius 2 is 2.00 bits per heavy atom. The maximum Gasteiger partial charge on any atom is 0.185 e. The highest BCUT2D eigenvalue weighted by Gasteiger charge is 2.26. The normalized spacial score (nSPS) is 16.8. The number of hydrogen-bond acceptors (Lipinski definition) is 7. The van der Waals surface area contributed by atoms with E-state index in [9.17, 15) is 9.50 Å². The number of allylic oxidation sites excluding steroid dienone is 1. The molecule has 0 radical (unpaired) electrons. The number of halogens is 1. The smallest absolute Gasteiger partial charge is 0.185 e. The van der Waals surface area contributed by atoms with Gasteiger partial charge in [-0.2, -0.15) is 0 Å². The number of morpholine rings is 1. The number of amidine groups is 1. The topological polar surface area (TPSA) is 96.5 Å². The molecule has 3 aromatic rings. The van der Waals surface area contributed by atoms with Gasteiger partial charge >= 0.3 is 0 Å². The van der Waals surface area contributed by atoms with Crippen molar-refractivity contribution in [2.24, 2.45) is 4.99 Å². The first-order valence-electron chi connectivity index (χ1n) is 11.6. The third-order valence-electron chi connectivity index (χ3n) is 5.54. The number of β-amino-alcohol motifs (C(OH)–C–C–N with tert-alkyl or cyclic N) is 1. The average molecular weight is 483 g/mol. The van der Waals surface area contributed by atoms with Crippen LogP contribution >= 0.6 is 0 Å². The van der Waals surface area contributed by atoms with E-state index in [1.54, 1.807) is 29.9 Å². The number of rotatable bonds is 8. The van der Waals surface area contributed by atoms with Gasteiger partial charge in [-0.15, -0.1) is 5.10 Å². The van der Waals surface area contributed by atoms with Crippen LogP contribution in [0, 0.1) is 5.82 Å². The van der Waals surface area contributed by atoms with E-state index in [2.05, 4.69) is 20.3 Å². The van der Waals surface area contributed by atoms with Crippen LogP contribution in [-0.2, 0) is 9.47 Å². The summed E-state index contributed by atoms with van der Waals surface area (Å²) in [5.74, 6) is 1.13. The van der Waals surface area contributed by atoms with Crippen molar-refractivity contribution in [3.63, 3.8) is 0 Å². The van der Waals surface area contributed by atoms with E-state index in [0.717, 1.165) is 11.1 Å². The number of nitrogens with zero attached hydrogens (tertiary/aromatic N) is 5. The molecule has 1 saturated heterocycles. The summed E-state index contributed by atoms with van der Waals surface area (Å²) >= 11 is 0. The minimum absolute atomic E-state index is 0.311. The summed E-state index contributed by atoms with van der Waals surface area (Å²) < 4.78 is 26.8. The minimum atomic E-state index is -1.11. The highest BCUT2D eigenvalue weighted by molar-refractivity contribution is 6.05. The van der Waals surface area contributed by atoms with Crippen LogP contribution in [0.5, 0.6) is 0 Å². The molecular formula is C25H31FN6O3. The van der Waals surface area contributed by atoms with Crippen LogP contribution in [0.1, 0.15) is 31.3 Å². The summed E-state index contributed by atoms with van der Waals surface area (Å²) in [5.41, 5.74) is 2.46. The summed E-state index contributed by atoms with van der Waals surface area (Å²) in [6.07, 6.45) is 1.79. The molecule has 0 aliphatic carbocycles. The van der Waals surface area contributed by atoms with Crippen LogP contribution in [-0.4, -0.2) is 76.6 Å². The molecule has 3 heterocycles. The van der Waals surface area contributed by atoms with Crippen LogP contribution in [0.15, 0.2) is 59.2 Å². The minimum Gasteiger partial charge on any atom is -0.379 e. The number of aliphatic hydroxyl groups is 1. The molecule has 1 aliphatic heterocycles. The number of hydrogen-bond donors (Lipinski definition) is 2. The standard InChI is InChI=1S/C25H31FN6O3/c1-17(2)15-21(27-3)28-24-20-5-4-10-32(20)30-25(29-24)23(18-6-8-19(26)9-7-18)35-22(33)16-31-11-13-34-14-12-31/h4-10,15,22-23,33H,11-14,16H2,1-3H3,(H,27,28,29,30). The Morgan fingerprint density at radius 1 is 1.26 bits per heavy atom. The molecule has 0 bridgehead atoms. The van der Waals surface area contributed by atoms with Gasteiger partial charge in [-0.1, -0.05) is 17.7 Å². The third kappa shape index (κ3) is 6.49. The second kappa shape index (κ2) is 11.5. The molecule has 1 aliphatic rings. The fourth-order valence-corrected chi connectivity index (χ4v) is 3.84. The molecule has 4 rings (SSSR count). The second-order valence-corrected chi connectivity index (χ2v) is 8.55. The van der Waals surface area contributed by atoms with E-state index in [1.807, 2.05) is 32.1 Å². The Hall–Kier alpha value is -3.18. The summed E-state index contributed by atoms with van der Waals surface area (Å²) in [6.45, 7) is 6.94. The number of anilines is 1. The van der Waals surface area contributed by atoms with E-state index in [-0.39, 0.29) is 5.82 Å². The predicted octanol–water partition coefficient (Wildman–Crippen LogP) is 3.03. The Bertz CT molecular complexity index is 1180.